The van der Waals surface area contributed by atoms with Crippen molar-refractivity contribution in [3.05, 3.63) is 59.7 Å². The average Bonchev–Trinajstić information content (AvgIpc) is 3.24. The molecular weight excluding hydrogens is 398 g/mol. The second-order valence-corrected chi connectivity index (χ2v) is 9.85. The summed E-state index contributed by atoms with van der Waals surface area (Å²) in [5.74, 6) is -0.134. The molecule has 0 radical (unpaired) electrons. The maximum Gasteiger partial charge on any atom is 0.264 e. The number of benzene rings is 2. The van der Waals surface area contributed by atoms with Crippen molar-refractivity contribution >= 4 is 27.3 Å². The molecule has 1 aliphatic rings. The molecule has 2 aromatic carbocycles. The summed E-state index contributed by atoms with van der Waals surface area (Å²) < 4.78 is 27.9. The smallest absolute Gasteiger partial charge is 0.264 e. The highest BCUT2D eigenvalue weighted by atomic mass is 32.2. The molecule has 0 bridgehead atoms. The number of sulfonamides is 1. The van der Waals surface area contributed by atoms with Crippen LogP contribution in [0.25, 0.3) is 0 Å². The first kappa shape index (κ1) is 22.0. The molecule has 7 heteroatoms. The lowest BCUT2D eigenvalue weighted by Crippen LogP contribution is -2.39. The summed E-state index contributed by atoms with van der Waals surface area (Å²) in [6.07, 6.45) is 3.90. The number of hydrogen-bond donors (Lipinski definition) is 1. The Balaban J connectivity index is 1.90. The second kappa shape index (κ2) is 9.43. The van der Waals surface area contributed by atoms with E-state index < -0.39 is 15.9 Å². The van der Waals surface area contributed by atoms with Crippen LogP contribution in [-0.2, 0) is 14.8 Å². The van der Waals surface area contributed by atoms with Crippen LogP contribution in [0.15, 0.2) is 58.5 Å². The Kier molecular flexibility index (Phi) is 6.92. The minimum Gasteiger partial charge on any atom is -0.271 e. The van der Waals surface area contributed by atoms with Gasteiger partial charge in [0.05, 0.1) is 10.6 Å². The number of amides is 1. The molecule has 1 amide bonds. The summed E-state index contributed by atoms with van der Waals surface area (Å²) in [4.78, 5) is 12.7. The van der Waals surface area contributed by atoms with Crippen molar-refractivity contribution in [3.8, 4) is 0 Å². The highest BCUT2D eigenvalue weighted by Crippen LogP contribution is 2.26. The van der Waals surface area contributed by atoms with Gasteiger partial charge in [-0.2, -0.15) is 5.10 Å². The highest BCUT2D eigenvalue weighted by Gasteiger charge is 2.27. The quantitative estimate of drug-likeness (QED) is 0.667. The van der Waals surface area contributed by atoms with Gasteiger partial charge in [0.2, 0.25) is 0 Å². The van der Waals surface area contributed by atoms with Gasteiger partial charge in [0.25, 0.3) is 15.9 Å². The molecule has 6 nitrogen and oxygen atoms in total. The zero-order valence-electron chi connectivity index (χ0n) is 17.8. The van der Waals surface area contributed by atoms with Crippen molar-refractivity contribution < 1.29 is 13.2 Å². The molecule has 1 saturated carbocycles. The van der Waals surface area contributed by atoms with Gasteiger partial charge in [-0.15, -0.1) is 0 Å². The Morgan fingerprint density at radius 2 is 1.63 bits per heavy atom. The molecule has 0 saturated heterocycles. The van der Waals surface area contributed by atoms with E-state index in [0.717, 1.165) is 46.8 Å². The van der Waals surface area contributed by atoms with E-state index in [1.807, 2.05) is 19.1 Å². The minimum absolute atomic E-state index is 0.149. The predicted molar refractivity (Wildman–Crippen MR) is 120 cm³/mol. The number of rotatable bonds is 7. The summed E-state index contributed by atoms with van der Waals surface area (Å²) >= 11 is 0. The van der Waals surface area contributed by atoms with Crippen LogP contribution in [-0.4, -0.2) is 26.6 Å². The van der Waals surface area contributed by atoms with Gasteiger partial charge in [-0.05, 0) is 68.4 Å². The fourth-order valence-corrected chi connectivity index (χ4v) is 4.80. The number of nitrogens with zero attached hydrogens (tertiary/aromatic N) is 2. The van der Waals surface area contributed by atoms with Crippen LogP contribution in [0.4, 0.5) is 5.69 Å². The first-order valence-corrected chi connectivity index (χ1v) is 11.7. The van der Waals surface area contributed by atoms with Gasteiger partial charge >= 0.3 is 0 Å². The van der Waals surface area contributed by atoms with Gasteiger partial charge < -0.3 is 0 Å². The Morgan fingerprint density at radius 3 is 2.20 bits per heavy atom. The second-order valence-electron chi connectivity index (χ2n) is 7.99. The Morgan fingerprint density at radius 1 is 1.03 bits per heavy atom. The molecule has 1 aliphatic carbocycles. The largest absolute Gasteiger partial charge is 0.271 e. The van der Waals surface area contributed by atoms with Crippen LogP contribution in [0.5, 0.6) is 0 Å². The van der Waals surface area contributed by atoms with Gasteiger partial charge in [0.1, 0.15) is 6.54 Å². The number of hydrazone groups is 1. The van der Waals surface area contributed by atoms with Crippen molar-refractivity contribution in [1.29, 1.82) is 0 Å². The lowest BCUT2D eigenvalue weighted by Gasteiger charge is -2.24. The van der Waals surface area contributed by atoms with Crippen LogP contribution in [0, 0.1) is 6.92 Å². The lowest BCUT2D eigenvalue weighted by atomic mass is 10.0. The number of anilines is 1. The molecular formula is C23H29N3O3S. The molecule has 1 fully saturated rings. The summed E-state index contributed by atoms with van der Waals surface area (Å²) in [7, 11) is -3.91. The zero-order chi connectivity index (χ0) is 21.7. The SMILES string of the molecule is Cc1ccc(S(=O)(=O)N(CC(=O)NN=C2CCCC2)c2ccc(C(C)C)cc2)cc1. The van der Waals surface area contributed by atoms with E-state index in [1.54, 1.807) is 36.4 Å². The van der Waals surface area contributed by atoms with Gasteiger partial charge in [-0.3, -0.25) is 9.10 Å². The third-order valence-electron chi connectivity index (χ3n) is 5.26. The minimum atomic E-state index is -3.91. The summed E-state index contributed by atoms with van der Waals surface area (Å²) in [5.41, 5.74) is 6.00. The fraction of sp³-hybridized carbons (Fsp3) is 0.391. The Labute approximate surface area is 179 Å². The van der Waals surface area contributed by atoms with Crippen molar-refractivity contribution in [3.63, 3.8) is 0 Å². The third-order valence-corrected chi connectivity index (χ3v) is 7.05. The van der Waals surface area contributed by atoms with E-state index in [0.29, 0.717) is 11.6 Å². The van der Waals surface area contributed by atoms with E-state index in [9.17, 15) is 13.2 Å². The van der Waals surface area contributed by atoms with Crippen LogP contribution in [0.1, 0.15) is 56.6 Å². The van der Waals surface area contributed by atoms with E-state index in [4.69, 9.17) is 0 Å². The number of carbonyl (C=O) groups is 1. The van der Waals surface area contributed by atoms with Gasteiger partial charge in [0.15, 0.2) is 0 Å². The number of aryl methyl sites for hydroxylation is 1. The topological polar surface area (TPSA) is 78.8 Å². The molecule has 0 spiro atoms. The third kappa shape index (κ3) is 5.27. The Hall–Kier alpha value is -2.67. The van der Waals surface area contributed by atoms with Crippen LogP contribution in [0.2, 0.25) is 0 Å². The molecule has 0 unspecified atom stereocenters. The fourth-order valence-electron chi connectivity index (χ4n) is 3.38. The number of hydrogen-bond acceptors (Lipinski definition) is 4. The molecule has 30 heavy (non-hydrogen) atoms. The molecule has 0 aliphatic heterocycles. The lowest BCUT2D eigenvalue weighted by molar-refractivity contribution is -0.119. The molecule has 0 atom stereocenters. The highest BCUT2D eigenvalue weighted by molar-refractivity contribution is 7.92. The normalized spacial score (nSPS) is 14.1. The van der Waals surface area contributed by atoms with Crippen LogP contribution < -0.4 is 9.73 Å². The van der Waals surface area contributed by atoms with Crippen LogP contribution in [0.3, 0.4) is 0 Å². The van der Waals surface area contributed by atoms with Crippen LogP contribution >= 0.6 is 0 Å². The zero-order valence-corrected chi connectivity index (χ0v) is 18.6. The van der Waals surface area contributed by atoms with Gasteiger partial charge in [-0.1, -0.05) is 43.7 Å². The van der Waals surface area contributed by atoms with Gasteiger partial charge in [0, 0.05) is 5.71 Å². The summed E-state index contributed by atoms with van der Waals surface area (Å²) in [6, 6.07) is 13.9. The molecule has 0 heterocycles. The number of nitrogens with one attached hydrogen (secondary N) is 1. The molecule has 0 aromatic heterocycles. The standard InChI is InChI=1S/C23H29N3O3S/c1-17(2)19-10-12-21(13-11-19)26(16-23(27)25-24-20-6-4-5-7-20)30(28,29)22-14-8-18(3)9-15-22/h8-15,17H,4-7,16H2,1-3H3,(H,25,27). The van der Waals surface area contributed by atoms with Crippen molar-refractivity contribution in [1.82, 2.24) is 5.43 Å². The molecule has 1 N–H and O–H groups in total. The maximum atomic E-state index is 13.4. The van der Waals surface area contributed by atoms with E-state index in [1.165, 1.54) is 0 Å². The maximum absolute atomic E-state index is 13.4. The number of carbonyl (C=O) groups excluding carboxylic acids is 1. The van der Waals surface area contributed by atoms with E-state index in [2.05, 4.69) is 24.4 Å². The molecule has 160 valence electrons. The Bertz CT molecular complexity index is 1000. The molecule has 3 rings (SSSR count). The summed E-state index contributed by atoms with van der Waals surface area (Å²) in [6.45, 7) is 5.71. The monoisotopic (exact) mass is 427 g/mol. The predicted octanol–water partition coefficient (Wildman–Crippen LogP) is 4.36. The molecule has 2 aromatic rings. The van der Waals surface area contributed by atoms with Crippen molar-refractivity contribution in [2.45, 2.75) is 57.3 Å². The van der Waals surface area contributed by atoms with Crippen molar-refractivity contribution in [2.75, 3.05) is 10.8 Å². The summed E-state index contributed by atoms with van der Waals surface area (Å²) in [5, 5.41) is 4.17. The van der Waals surface area contributed by atoms with Gasteiger partial charge in [-0.25, -0.2) is 13.8 Å². The van der Waals surface area contributed by atoms with E-state index in [-0.39, 0.29) is 11.4 Å². The average molecular weight is 428 g/mol. The van der Waals surface area contributed by atoms with Crippen molar-refractivity contribution in [2.24, 2.45) is 5.10 Å². The first-order valence-electron chi connectivity index (χ1n) is 10.3. The first-order chi connectivity index (χ1) is 14.3. The van der Waals surface area contributed by atoms with E-state index >= 15 is 0 Å².